The van der Waals surface area contributed by atoms with Crippen LogP contribution in [0.25, 0.3) is 0 Å². The van der Waals surface area contributed by atoms with Crippen LogP contribution in [-0.4, -0.2) is 21.5 Å². The molecule has 2 N–H and O–H groups in total. The smallest absolute Gasteiger partial charge is 0.240 e. The predicted molar refractivity (Wildman–Crippen MR) is 84.5 cm³/mol. The van der Waals surface area contributed by atoms with Gasteiger partial charge in [0, 0.05) is 19.6 Å². The van der Waals surface area contributed by atoms with Crippen molar-refractivity contribution in [3.63, 3.8) is 0 Å². The Morgan fingerprint density at radius 1 is 0.905 bits per heavy atom. The largest absolute Gasteiger partial charge is 0.311 e. The van der Waals surface area contributed by atoms with Crippen LogP contribution < -0.4 is 10.0 Å². The normalized spacial score (nSPS) is 11.5. The zero-order valence-corrected chi connectivity index (χ0v) is 12.9. The zero-order chi connectivity index (χ0) is 15.1. The van der Waals surface area contributed by atoms with Gasteiger partial charge in [-0.05, 0) is 24.6 Å². The van der Waals surface area contributed by atoms with Crippen molar-refractivity contribution >= 4 is 10.0 Å². The van der Waals surface area contributed by atoms with Crippen molar-refractivity contribution in [1.29, 1.82) is 0 Å². The number of benzene rings is 2. The number of hydrogen-bond donors (Lipinski definition) is 2. The van der Waals surface area contributed by atoms with Crippen molar-refractivity contribution in [3.8, 4) is 0 Å². The van der Waals surface area contributed by atoms with E-state index in [-0.39, 0.29) is 0 Å². The summed E-state index contributed by atoms with van der Waals surface area (Å²) in [7, 11) is -3.41. The molecule has 0 unspecified atom stereocenters. The molecular weight excluding hydrogens is 284 g/mol. The van der Waals surface area contributed by atoms with Crippen molar-refractivity contribution in [2.75, 3.05) is 13.1 Å². The van der Waals surface area contributed by atoms with Gasteiger partial charge in [-0.1, -0.05) is 48.0 Å². The number of rotatable bonds is 7. The van der Waals surface area contributed by atoms with E-state index in [0.717, 1.165) is 12.1 Å². The molecule has 2 aromatic carbocycles. The summed E-state index contributed by atoms with van der Waals surface area (Å²) in [4.78, 5) is 0.302. The van der Waals surface area contributed by atoms with Crippen molar-refractivity contribution < 1.29 is 8.42 Å². The van der Waals surface area contributed by atoms with Crippen LogP contribution in [0.3, 0.4) is 0 Å². The van der Waals surface area contributed by atoms with Gasteiger partial charge in [-0.3, -0.25) is 0 Å². The van der Waals surface area contributed by atoms with Crippen LogP contribution in [0.4, 0.5) is 0 Å². The van der Waals surface area contributed by atoms with E-state index in [1.54, 1.807) is 24.3 Å². The van der Waals surface area contributed by atoms with Gasteiger partial charge < -0.3 is 5.32 Å². The van der Waals surface area contributed by atoms with Crippen LogP contribution in [0.5, 0.6) is 0 Å². The highest BCUT2D eigenvalue weighted by Gasteiger charge is 2.12. The van der Waals surface area contributed by atoms with Crippen molar-refractivity contribution in [2.45, 2.75) is 18.4 Å². The average molecular weight is 304 g/mol. The number of hydrogen-bond acceptors (Lipinski definition) is 3. The summed E-state index contributed by atoms with van der Waals surface area (Å²) in [6.45, 7) is 3.60. The molecule has 0 spiro atoms. The van der Waals surface area contributed by atoms with Gasteiger partial charge in [-0.2, -0.15) is 0 Å². The average Bonchev–Trinajstić information content (AvgIpc) is 2.48. The van der Waals surface area contributed by atoms with Crippen molar-refractivity contribution in [3.05, 3.63) is 65.7 Å². The third-order valence-corrected chi connectivity index (χ3v) is 4.57. The minimum atomic E-state index is -3.41. The van der Waals surface area contributed by atoms with Gasteiger partial charge in [0.1, 0.15) is 0 Å². The summed E-state index contributed by atoms with van der Waals surface area (Å²) in [5.41, 5.74) is 2.22. The fourth-order valence-electron chi connectivity index (χ4n) is 1.90. The number of sulfonamides is 1. The lowest BCUT2D eigenvalue weighted by molar-refractivity contribution is 0.576. The maximum atomic E-state index is 12.0. The highest BCUT2D eigenvalue weighted by atomic mass is 32.2. The lowest BCUT2D eigenvalue weighted by Gasteiger charge is -2.08. The second kappa shape index (κ2) is 7.36. The first-order valence-corrected chi connectivity index (χ1v) is 8.37. The Balaban J connectivity index is 1.76. The van der Waals surface area contributed by atoms with Crippen molar-refractivity contribution in [1.82, 2.24) is 10.0 Å². The molecule has 0 bridgehead atoms. The summed E-state index contributed by atoms with van der Waals surface area (Å²) in [6.07, 6.45) is 0. The maximum absolute atomic E-state index is 12.0. The molecule has 0 saturated carbocycles. The highest BCUT2D eigenvalue weighted by molar-refractivity contribution is 7.89. The molecule has 0 fully saturated rings. The second-order valence-corrected chi connectivity index (χ2v) is 6.64. The first-order chi connectivity index (χ1) is 10.1. The van der Waals surface area contributed by atoms with Gasteiger partial charge in [0.15, 0.2) is 0 Å². The fraction of sp³-hybridized carbons (Fsp3) is 0.250. The van der Waals surface area contributed by atoms with Gasteiger partial charge in [0.25, 0.3) is 0 Å². The van der Waals surface area contributed by atoms with E-state index in [0.29, 0.717) is 18.0 Å². The summed E-state index contributed by atoms with van der Waals surface area (Å²) in [6, 6.07) is 16.8. The van der Waals surface area contributed by atoms with Crippen molar-refractivity contribution in [2.24, 2.45) is 0 Å². The van der Waals surface area contributed by atoms with Gasteiger partial charge in [0.05, 0.1) is 4.90 Å². The SMILES string of the molecule is Cc1ccc(S(=O)(=O)NCCNCc2ccccc2)cc1. The molecule has 4 nitrogen and oxygen atoms in total. The first-order valence-electron chi connectivity index (χ1n) is 6.89. The minimum absolute atomic E-state index is 0.302. The van der Waals surface area contributed by atoms with E-state index >= 15 is 0 Å². The Bertz CT molecular complexity index is 652. The van der Waals surface area contributed by atoms with E-state index in [1.807, 2.05) is 37.3 Å². The molecule has 112 valence electrons. The van der Waals surface area contributed by atoms with Crippen LogP contribution in [0.1, 0.15) is 11.1 Å². The Morgan fingerprint density at radius 3 is 2.24 bits per heavy atom. The third kappa shape index (κ3) is 4.97. The predicted octanol–water partition coefficient (Wildman–Crippen LogP) is 2.06. The highest BCUT2D eigenvalue weighted by Crippen LogP contribution is 2.09. The molecule has 0 heterocycles. The molecule has 21 heavy (non-hydrogen) atoms. The van der Waals surface area contributed by atoms with Gasteiger partial charge in [-0.15, -0.1) is 0 Å². The molecule has 0 amide bonds. The second-order valence-electron chi connectivity index (χ2n) is 4.87. The Morgan fingerprint density at radius 2 is 1.57 bits per heavy atom. The van der Waals surface area contributed by atoms with E-state index < -0.39 is 10.0 Å². The third-order valence-electron chi connectivity index (χ3n) is 3.10. The zero-order valence-electron chi connectivity index (χ0n) is 12.0. The van der Waals surface area contributed by atoms with E-state index in [9.17, 15) is 8.42 Å². The maximum Gasteiger partial charge on any atom is 0.240 e. The lowest BCUT2D eigenvalue weighted by atomic mass is 10.2. The quantitative estimate of drug-likeness (QED) is 0.770. The summed E-state index contributed by atoms with van der Waals surface area (Å²) < 4.78 is 26.7. The summed E-state index contributed by atoms with van der Waals surface area (Å²) in [5, 5.41) is 3.21. The molecule has 2 rings (SSSR count). The van der Waals surface area contributed by atoms with Crippen LogP contribution in [0, 0.1) is 6.92 Å². The molecule has 0 aliphatic heterocycles. The van der Waals surface area contributed by atoms with E-state index in [4.69, 9.17) is 0 Å². The molecule has 0 radical (unpaired) electrons. The molecule has 0 atom stereocenters. The van der Waals surface area contributed by atoms with E-state index in [2.05, 4.69) is 10.0 Å². The summed E-state index contributed by atoms with van der Waals surface area (Å²) >= 11 is 0. The minimum Gasteiger partial charge on any atom is -0.311 e. The Hall–Kier alpha value is -1.69. The fourth-order valence-corrected chi connectivity index (χ4v) is 2.93. The molecule has 0 aliphatic carbocycles. The molecule has 0 saturated heterocycles. The van der Waals surface area contributed by atoms with Gasteiger partial charge in [0.2, 0.25) is 10.0 Å². The van der Waals surface area contributed by atoms with Crippen LogP contribution in [0.15, 0.2) is 59.5 Å². The van der Waals surface area contributed by atoms with Crippen LogP contribution in [0.2, 0.25) is 0 Å². The summed E-state index contributed by atoms with van der Waals surface area (Å²) in [5.74, 6) is 0. The molecular formula is C16H20N2O2S. The molecule has 5 heteroatoms. The lowest BCUT2D eigenvalue weighted by Crippen LogP contribution is -2.31. The monoisotopic (exact) mass is 304 g/mol. The van der Waals surface area contributed by atoms with Crippen LogP contribution in [-0.2, 0) is 16.6 Å². The molecule has 0 aromatic heterocycles. The van der Waals surface area contributed by atoms with Gasteiger partial charge in [-0.25, -0.2) is 13.1 Å². The van der Waals surface area contributed by atoms with E-state index in [1.165, 1.54) is 5.56 Å². The molecule has 0 aliphatic rings. The number of aryl methyl sites for hydroxylation is 1. The Labute approximate surface area is 126 Å². The van der Waals surface area contributed by atoms with Gasteiger partial charge >= 0.3 is 0 Å². The topological polar surface area (TPSA) is 58.2 Å². The molecule has 2 aromatic rings. The first kappa shape index (κ1) is 15.7. The van der Waals surface area contributed by atoms with Crippen LogP contribution >= 0.6 is 0 Å². The Kier molecular flexibility index (Phi) is 5.50. The standard InChI is InChI=1S/C16H20N2O2S/c1-14-7-9-16(10-8-14)21(19,20)18-12-11-17-13-15-5-3-2-4-6-15/h2-10,17-18H,11-13H2,1H3. The number of nitrogens with one attached hydrogen (secondary N) is 2.